The predicted molar refractivity (Wildman–Crippen MR) is 82.2 cm³/mol. The lowest BCUT2D eigenvalue weighted by atomic mass is 10.1. The maximum Gasteiger partial charge on any atom is 0.240 e. The average molecular weight is 305 g/mol. The number of nitrogens with zero attached hydrogens (tertiary/aromatic N) is 4. The zero-order chi connectivity index (χ0) is 14.8. The molecule has 1 atom stereocenters. The Balaban J connectivity index is 1.62. The van der Waals surface area contributed by atoms with Crippen LogP contribution in [0.1, 0.15) is 30.1 Å². The molecule has 1 aliphatic heterocycles. The van der Waals surface area contributed by atoms with Crippen LogP contribution in [0.5, 0.6) is 0 Å². The van der Waals surface area contributed by atoms with Gasteiger partial charge in [-0.1, -0.05) is 0 Å². The molecule has 3 rings (SSSR count). The summed E-state index contributed by atoms with van der Waals surface area (Å²) in [4.78, 5) is 18.6. The third-order valence-corrected chi connectivity index (χ3v) is 4.56. The Morgan fingerprint density at radius 2 is 2.43 bits per heavy atom. The van der Waals surface area contributed by atoms with Gasteiger partial charge in [-0.25, -0.2) is 4.98 Å². The summed E-state index contributed by atoms with van der Waals surface area (Å²) in [7, 11) is 1.92. The molecule has 1 aliphatic rings. The van der Waals surface area contributed by atoms with Gasteiger partial charge in [-0.3, -0.25) is 14.4 Å². The van der Waals surface area contributed by atoms with Gasteiger partial charge < -0.3 is 5.32 Å². The molecule has 2 aromatic heterocycles. The van der Waals surface area contributed by atoms with Gasteiger partial charge in [-0.05, 0) is 26.3 Å². The quantitative estimate of drug-likeness (QED) is 0.938. The second kappa shape index (κ2) is 5.95. The Morgan fingerprint density at radius 1 is 1.57 bits per heavy atom. The molecular formula is C14H19N5OS. The van der Waals surface area contributed by atoms with Crippen molar-refractivity contribution in [1.29, 1.82) is 0 Å². The number of carbonyl (C=O) groups is 1. The molecule has 1 fully saturated rings. The Hall–Kier alpha value is -1.73. The van der Waals surface area contributed by atoms with E-state index in [9.17, 15) is 4.79 Å². The molecule has 3 heterocycles. The van der Waals surface area contributed by atoms with E-state index in [1.165, 1.54) is 16.9 Å². The van der Waals surface area contributed by atoms with Gasteiger partial charge in [0.2, 0.25) is 5.91 Å². The summed E-state index contributed by atoms with van der Waals surface area (Å²) in [6.45, 7) is 3.27. The summed E-state index contributed by atoms with van der Waals surface area (Å²) in [6, 6.07) is 0.294. The Kier molecular flexibility index (Phi) is 4.03. The number of anilines is 1. The summed E-state index contributed by atoms with van der Waals surface area (Å²) >= 11 is 1.46. The molecule has 0 aliphatic carbocycles. The highest BCUT2D eigenvalue weighted by Gasteiger charge is 2.28. The van der Waals surface area contributed by atoms with Crippen molar-refractivity contribution in [3.8, 4) is 0 Å². The van der Waals surface area contributed by atoms with E-state index in [1.54, 1.807) is 0 Å². The molecule has 7 heteroatoms. The number of nitrogens with one attached hydrogen (secondary N) is 1. The van der Waals surface area contributed by atoms with Crippen molar-refractivity contribution < 1.29 is 4.79 Å². The molecule has 0 aromatic carbocycles. The average Bonchev–Trinajstić information content (AvgIpc) is 3.12. The molecule has 0 spiro atoms. The van der Waals surface area contributed by atoms with Crippen molar-refractivity contribution in [2.45, 2.75) is 25.8 Å². The highest BCUT2D eigenvalue weighted by atomic mass is 32.1. The van der Waals surface area contributed by atoms with Gasteiger partial charge in [-0.15, -0.1) is 11.3 Å². The zero-order valence-corrected chi connectivity index (χ0v) is 13.1. The number of rotatable bonds is 4. The van der Waals surface area contributed by atoms with Gasteiger partial charge in [-0.2, -0.15) is 5.10 Å². The van der Waals surface area contributed by atoms with Gasteiger partial charge in [0, 0.05) is 30.2 Å². The number of thiazole rings is 1. The fraction of sp³-hybridized carbons (Fsp3) is 0.500. The summed E-state index contributed by atoms with van der Waals surface area (Å²) in [5, 5.41) is 9.71. The first-order chi connectivity index (χ1) is 10.1. The minimum absolute atomic E-state index is 0.000130. The van der Waals surface area contributed by atoms with Crippen LogP contribution in [0.2, 0.25) is 0 Å². The summed E-state index contributed by atoms with van der Waals surface area (Å²) in [5.74, 6) is 0.000130. The smallest absolute Gasteiger partial charge is 0.240 e. The third kappa shape index (κ3) is 3.30. The molecule has 0 radical (unpaired) electrons. The maximum absolute atomic E-state index is 12.2. The van der Waals surface area contributed by atoms with E-state index in [1.807, 2.05) is 36.4 Å². The van der Waals surface area contributed by atoms with E-state index in [4.69, 9.17) is 0 Å². The van der Waals surface area contributed by atoms with Crippen LogP contribution in [0.15, 0.2) is 17.8 Å². The van der Waals surface area contributed by atoms with Crippen LogP contribution in [-0.2, 0) is 11.8 Å². The van der Waals surface area contributed by atoms with Crippen LogP contribution in [-0.4, -0.2) is 38.7 Å². The fourth-order valence-electron chi connectivity index (χ4n) is 2.76. The topological polar surface area (TPSA) is 63.1 Å². The monoisotopic (exact) mass is 305 g/mol. The van der Waals surface area contributed by atoms with Crippen LogP contribution in [0, 0.1) is 6.92 Å². The lowest BCUT2D eigenvalue weighted by molar-refractivity contribution is -0.117. The molecule has 1 N–H and O–H groups in total. The minimum Gasteiger partial charge on any atom is -0.301 e. The number of aromatic nitrogens is 3. The molecule has 6 nitrogen and oxygen atoms in total. The zero-order valence-electron chi connectivity index (χ0n) is 12.2. The molecule has 0 unspecified atom stereocenters. The van der Waals surface area contributed by atoms with Crippen molar-refractivity contribution >= 4 is 22.4 Å². The van der Waals surface area contributed by atoms with Crippen LogP contribution in [0.25, 0.3) is 0 Å². The number of aryl methyl sites for hydroxylation is 2. The summed E-state index contributed by atoms with van der Waals surface area (Å²) in [6.07, 6.45) is 6.12. The Labute approximate surface area is 127 Å². The molecule has 0 saturated carbocycles. The Morgan fingerprint density at radius 3 is 3.10 bits per heavy atom. The van der Waals surface area contributed by atoms with Gasteiger partial charge in [0.15, 0.2) is 5.13 Å². The van der Waals surface area contributed by atoms with Crippen molar-refractivity contribution in [1.82, 2.24) is 19.7 Å². The van der Waals surface area contributed by atoms with Crippen molar-refractivity contribution in [2.75, 3.05) is 18.4 Å². The lowest BCUT2D eigenvalue weighted by Crippen LogP contribution is -2.32. The van der Waals surface area contributed by atoms with Gasteiger partial charge in [0.1, 0.15) is 0 Å². The van der Waals surface area contributed by atoms with E-state index < -0.39 is 0 Å². The fourth-order valence-corrected chi connectivity index (χ4v) is 3.46. The Bertz CT molecular complexity index is 635. The number of likely N-dealkylation sites (tertiary alicyclic amines) is 1. The van der Waals surface area contributed by atoms with Crippen LogP contribution < -0.4 is 5.32 Å². The first-order valence-corrected chi connectivity index (χ1v) is 7.94. The predicted octanol–water partition coefficient (Wildman–Crippen LogP) is 1.96. The summed E-state index contributed by atoms with van der Waals surface area (Å²) < 4.78 is 1.81. The number of amides is 1. The first kappa shape index (κ1) is 14.2. The second-order valence-corrected chi connectivity index (χ2v) is 6.28. The summed E-state index contributed by atoms with van der Waals surface area (Å²) in [5.41, 5.74) is 2.12. The first-order valence-electron chi connectivity index (χ1n) is 7.06. The second-order valence-electron chi connectivity index (χ2n) is 5.42. The van der Waals surface area contributed by atoms with E-state index in [2.05, 4.69) is 20.3 Å². The minimum atomic E-state index is 0.000130. The van der Waals surface area contributed by atoms with Gasteiger partial charge in [0.25, 0.3) is 0 Å². The highest BCUT2D eigenvalue weighted by molar-refractivity contribution is 7.13. The van der Waals surface area contributed by atoms with Crippen molar-refractivity contribution in [2.24, 2.45) is 7.05 Å². The maximum atomic E-state index is 12.2. The van der Waals surface area contributed by atoms with Gasteiger partial charge >= 0.3 is 0 Å². The van der Waals surface area contributed by atoms with E-state index in [0.717, 1.165) is 25.1 Å². The van der Waals surface area contributed by atoms with E-state index in [-0.39, 0.29) is 5.91 Å². The normalized spacial score (nSPS) is 19.0. The molecule has 112 valence electrons. The standard InChI is InChI=1S/C14H19N5OS/c1-10-9-21-14(16-10)17-13(20)8-19-5-3-4-12(19)11-6-15-18(2)7-11/h6-7,9,12H,3-5,8H2,1-2H3,(H,16,17,20)/t12-/m1/s1. The van der Waals surface area contributed by atoms with Gasteiger partial charge in [0.05, 0.1) is 18.4 Å². The van der Waals surface area contributed by atoms with E-state index >= 15 is 0 Å². The molecule has 21 heavy (non-hydrogen) atoms. The van der Waals surface area contributed by atoms with Crippen molar-refractivity contribution in [3.05, 3.63) is 29.0 Å². The number of hydrogen-bond acceptors (Lipinski definition) is 5. The number of carbonyl (C=O) groups excluding carboxylic acids is 1. The van der Waals surface area contributed by atoms with Crippen LogP contribution in [0.4, 0.5) is 5.13 Å². The lowest BCUT2D eigenvalue weighted by Gasteiger charge is -2.22. The van der Waals surface area contributed by atoms with Crippen molar-refractivity contribution in [3.63, 3.8) is 0 Å². The SMILES string of the molecule is Cc1csc(NC(=O)CN2CCC[C@@H]2c2cnn(C)c2)n1. The molecular weight excluding hydrogens is 286 g/mol. The largest absolute Gasteiger partial charge is 0.301 e. The third-order valence-electron chi connectivity index (χ3n) is 3.69. The highest BCUT2D eigenvalue weighted by Crippen LogP contribution is 2.31. The molecule has 1 saturated heterocycles. The van der Waals surface area contributed by atoms with E-state index in [0.29, 0.717) is 17.7 Å². The van der Waals surface area contributed by atoms with Crippen LogP contribution in [0.3, 0.4) is 0 Å². The molecule has 0 bridgehead atoms. The molecule has 1 amide bonds. The van der Waals surface area contributed by atoms with Crippen LogP contribution >= 0.6 is 11.3 Å². The molecule has 2 aromatic rings. The number of hydrogen-bond donors (Lipinski definition) is 1.